The molecule has 11 heteroatoms. The molecule has 0 spiro atoms. The Balaban J connectivity index is 1.40. The summed E-state index contributed by atoms with van der Waals surface area (Å²) in [5.41, 5.74) is 2.53. The Bertz CT molecular complexity index is 1200. The summed E-state index contributed by atoms with van der Waals surface area (Å²) in [5.74, 6) is -0.765. The third kappa shape index (κ3) is 5.99. The third-order valence-electron chi connectivity index (χ3n) is 7.42. The van der Waals surface area contributed by atoms with Crippen molar-refractivity contribution >= 4 is 40.7 Å². The lowest BCUT2D eigenvalue weighted by molar-refractivity contribution is -0.965. The Morgan fingerprint density at radius 2 is 1.87 bits per heavy atom. The zero-order chi connectivity index (χ0) is 26.6. The monoisotopic (exact) mass is 544 g/mol. The number of fused-ring (bicyclic) bond motifs is 1. The first kappa shape index (κ1) is 26.6. The summed E-state index contributed by atoms with van der Waals surface area (Å²) in [6.45, 7) is 8.73. The maximum absolute atomic E-state index is 13.6. The number of carbonyl (C=O) groups is 2. The summed E-state index contributed by atoms with van der Waals surface area (Å²) < 4.78 is 19.1. The number of guanidine groups is 1. The predicted molar refractivity (Wildman–Crippen MR) is 143 cm³/mol. The molecule has 2 saturated heterocycles. The van der Waals surface area contributed by atoms with Crippen molar-refractivity contribution in [3.63, 3.8) is 0 Å². The van der Waals surface area contributed by atoms with Crippen LogP contribution in [0.4, 0.5) is 15.8 Å². The summed E-state index contributed by atoms with van der Waals surface area (Å²) >= 11 is 5.91. The van der Waals surface area contributed by atoms with Crippen molar-refractivity contribution in [3.8, 4) is 0 Å². The summed E-state index contributed by atoms with van der Waals surface area (Å²) in [6, 6.07) is 11.5. The van der Waals surface area contributed by atoms with E-state index in [1.807, 2.05) is 21.9 Å². The number of rotatable bonds is 7. The van der Waals surface area contributed by atoms with Crippen molar-refractivity contribution in [2.24, 2.45) is 4.99 Å². The number of anilines is 2. The number of hydrogen-bond donors (Lipinski definition) is 3. The highest BCUT2D eigenvalue weighted by Crippen LogP contribution is 2.24. The summed E-state index contributed by atoms with van der Waals surface area (Å²) in [4.78, 5) is 37.4. The number of aliphatic imine (C=N–C) groups is 1. The first-order valence-electron chi connectivity index (χ1n) is 13.2. The van der Waals surface area contributed by atoms with Crippen molar-refractivity contribution in [2.45, 2.75) is 25.8 Å². The number of nitrogens with one attached hydrogen (secondary N) is 3. The highest BCUT2D eigenvalue weighted by atomic mass is 35.5. The maximum Gasteiger partial charge on any atom is 0.251 e. The van der Waals surface area contributed by atoms with E-state index in [-0.39, 0.29) is 23.3 Å². The highest BCUT2D eigenvalue weighted by molar-refractivity contribution is 6.31. The summed E-state index contributed by atoms with van der Waals surface area (Å²) in [7, 11) is 0. The molecule has 2 amide bonds. The van der Waals surface area contributed by atoms with Crippen LogP contribution in [0.15, 0.2) is 47.5 Å². The standard InChI is InChI=1S/C27H32ClFN6O3/c1-2-19-3-6-21(7-4-19)34-17-33(10-9-32-11-13-38-14-12-32)18-35-24(16-25(36)31-27(34)35)26(37)30-20-5-8-23(29)22(28)15-20/h3-8,15,24H,2,9-14,16-18H2,1H3,(H,30,37)/p+2/t24-/m0/s1. The first-order chi connectivity index (χ1) is 18.4. The van der Waals surface area contributed by atoms with E-state index in [0.29, 0.717) is 25.0 Å². The van der Waals surface area contributed by atoms with Crippen LogP contribution in [0.3, 0.4) is 0 Å². The normalized spacial score (nSPS) is 22.2. The van der Waals surface area contributed by atoms with E-state index >= 15 is 0 Å². The SMILES string of the molecule is CCc1ccc(N2C[NH+](CC[NH+]3CCOCC3)CN3C2=NC(=O)C[C@H]3C(=O)Nc2ccc(F)c(Cl)c2)cc1. The molecule has 0 bridgehead atoms. The number of carbonyl (C=O) groups excluding carboxylic acids is 2. The van der Waals surface area contributed by atoms with Crippen molar-refractivity contribution in [2.75, 3.05) is 62.9 Å². The molecule has 38 heavy (non-hydrogen) atoms. The molecule has 9 nitrogen and oxygen atoms in total. The van der Waals surface area contributed by atoms with E-state index in [2.05, 4.69) is 29.4 Å². The van der Waals surface area contributed by atoms with Gasteiger partial charge in [0.15, 0.2) is 13.3 Å². The molecule has 2 aromatic rings. The minimum atomic E-state index is -0.748. The Labute approximate surface area is 226 Å². The molecule has 0 saturated carbocycles. The topological polar surface area (TPSA) is 83.1 Å². The van der Waals surface area contributed by atoms with E-state index in [9.17, 15) is 14.0 Å². The molecule has 3 aliphatic rings. The van der Waals surface area contributed by atoms with Crippen molar-refractivity contribution in [3.05, 3.63) is 58.9 Å². The second-order valence-corrected chi connectivity index (χ2v) is 10.4. The van der Waals surface area contributed by atoms with E-state index in [4.69, 9.17) is 16.3 Å². The van der Waals surface area contributed by atoms with Crippen LogP contribution in [0.1, 0.15) is 18.9 Å². The van der Waals surface area contributed by atoms with E-state index in [1.165, 1.54) is 33.6 Å². The Kier molecular flexibility index (Phi) is 8.23. The van der Waals surface area contributed by atoms with Crippen molar-refractivity contribution < 1.29 is 28.5 Å². The molecule has 1 unspecified atom stereocenters. The second-order valence-electron chi connectivity index (χ2n) is 9.99. The molecule has 0 aliphatic carbocycles. The van der Waals surface area contributed by atoms with Gasteiger partial charge >= 0.3 is 0 Å². The average Bonchev–Trinajstić information content (AvgIpc) is 2.94. The first-order valence-corrected chi connectivity index (χ1v) is 13.5. The number of halogens is 2. The van der Waals surface area contributed by atoms with Crippen LogP contribution in [-0.4, -0.2) is 81.4 Å². The van der Waals surface area contributed by atoms with Gasteiger partial charge in [0.25, 0.3) is 5.91 Å². The lowest BCUT2D eigenvalue weighted by atomic mass is 10.1. The lowest BCUT2D eigenvalue weighted by Crippen LogP contribution is -3.23. The molecule has 202 valence electrons. The van der Waals surface area contributed by atoms with Crippen LogP contribution in [0.5, 0.6) is 0 Å². The van der Waals surface area contributed by atoms with Crippen LogP contribution >= 0.6 is 11.6 Å². The molecule has 2 fully saturated rings. The number of nitrogens with zero attached hydrogens (tertiary/aromatic N) is 3. The summed E-state index contributed by atoms with van der Waals surface area (Å²) in [6.07, 6.45) is 0.899. The van der Waals surface area contributed by atoms with Gasteiger partial charge in [-0.25, -0.2) is 4.39 Å². The molecule has 5 rings (SSSR count). The summed E-state index contributed by atoms with van der Waals surface area (Å²) in [5, 5.41) is 2.74. The maximum atomic E-state index is 13.6. The van der Waals surface area contributed by atoms with Crippen molar-refractivity contribution in [1.82, 2.24) is 4.90 Å². The van der Waals surface area contributed by atoms with Gasteiger partial charge in [0, 0.05) is 11.4 Å². The molecular weight excluding hydrogens is 511 g/mol. The van der Waals surface area contributed by atoms with Gasteiger partial charge in [-0.3, -0.25) is 24.3 Å². The van der Waals surface area contributed by atoms with Crippen molar-refractivity contribution in [1.29, 1.82) is 0 Å². The third-order valence-corrected chi connectivity index (χ3v) is 7.71. The number of aryl methyl sites for hydroxylation is 1. The van der Waals surface area contributed by atoms with Gasteiger partial charge in [-0.15, -0.1) is 0 Å². The number of morpholine rings is 1. The number of quaternary nitrogens is 2. The number of hydrogen-bond acceptors (Lipinski definition) is 5. The van der Waals surface area contributed by atoms with Crippen LogP contribution in [-0.2, 0) is 20.7 Å². The fraction of sp³-hybridized carbons (Fsp3) is 0.444. The molecule has 2 atom stereocenters. The largest absolute Gasteiger partial charge is 0.370 e. The smallest absolute Gasteiger partial charge is 0.251 e. The second kappa shape index (κ2) is 11.8. The van der Waals surface area contributed by atoms with E-state index in [1.54, 1.807) is 0 Å². The lowest BCUT2D eigenvalue weighted by Gasteiger charge is -2.46. The molecule has 3 N–H and O–H groups in total. The van der Waals surface area contributed by atoms with Crippen LogP contribution in [0.2, 0.25) is 5.02 Å². The molecule has 0 aromatic heterocycles. The Morgan fingerprint density at radius 1 is 1.13 bits per heavy atom. The van der Waals surface area contributed by atoms with Gasteiger partial charge in [0.05, 0.1) is 24.7 Å². The van der Waals surface area contributed by atoms with Gasteiger partial charge in [-0.1, -0.05) is 30.7 Å². The zero-order valence-electron chi connectivity index (χ0n) is 21.5. The fourth-order valence-corrected chi connectivity index (χ4v) is 5.37. The Hall–Kier alpha value is -3.05. The van der Waals surface area contributed by atoms with Gasteiger partial charge in [0.1, 0.15) is 38.0 Å². The number of ether oxygens (including phenoxy) is 1. The predicted octanol–water partition coefficient (Wildman–Crippen LogP) is 0.172. The fourth-order valence-electron chi connectivity index (χ4n) is 5.19. The van der Waals surface area contributed by atoms with Gasteiger partial charge < -0.3 is 15.0 Å². The molecule has 2 aromatic carbocycles. The molecule has 3 heterocycles. The van der Waals surface area contributed by atoms with Crippen LogP contribution in [0, 0.1) is 5.82 Å². The average molecular weight is 545 g/mol. The molecular formula is C27H34ClFN6O3+2. The molecule has 0 radical (unpaired) electrons. The van der Waals surface area contributed by atoms with E-state index < -0.39 is 11.9 Å². The van der Waals surface area contributed by atoms with Gasteiger partial charge in [-0.2, -0.15) is 4.99 Å². The molecule has 3 aliphatic heterocycles. The Morgan fingerprint density at radius 3 is 2.58 bits per heavy atom. The zero-order valence-corrected chi connectivity index (χ0v) is 22.3. The van der Waals surface area contributed by atoms with E-state index in [0.717, 1.165) is 51.5 Å². The van der Waals surface area contributed by atoms with Gasteiger partial charge in [0.2, 0.25) is 11.9 Å². The van der Waals surface area contributed by atoms with Crippen LogP contribution < -0.4 is 20.0 Å². The quantitative estimate of drug-likeness (QED) is 0.463. The number of amides is 2. The highest BCUT2D eigenvalue weighted by Gasteiger charge is 2.43. The number of benzene rings is 2. The minimum Gasteiger partial charge on any atom is -0.370 e. The van der Waals surface area contributed by atoms with Crippen LogP contribution in [0.25, 0.3) is 0 Å². The minimum absolute atomic E-state index is 0.0329. The van der Waals surface area contributed by atoms with Gasteiger partial charge in [-0.05, 0) is 42.3 Å².